The van der Waals surface area contributed by atoms with Gasteiger partial charge >= 0.3 is 5.97 Å². The summed E-state index contributed by atoms with van der Waals surface area (Å²) in [4.78, 5) is 18.2. The Balaban J connectivity index is 2.28. The normalized spacial score (nSPS) is 10.7. The summed E-state index contributed by atoms with van der Waals surface area (Å²) in [7, 11) is 5.30. The Morgan fingerprint density at radius 3 is 2.45 bits per heavy atom. The zero-order chi connectivity index (χ0) is 16.1. The standard InChI is InChI=1S/C17H17ClN2O2/c1-20(2)15-8-6-14(7-9-15)19-11-12-4-5-13(18)10-16(12)17(21)22-3/h4-11H,1-3H3/b19-11+. The average molecular weight is 317 g/mol. The fraction of sp³-hybridized carbons (Fsp3) is 0.176. The molecule has 0 aliphatic heterocycles. The largest absolute Gasteiger partial charge is 0.465 e. The van der Waals surface area contributed by atoms with E-state index in [1.807, 2.05) is 43.3 Å². The molecule has 2 rings (SSSR count). The molecule has 0 aliphatic carbocycles. The van der Waals surface area contributed by atoms with E-state index in [9.17, 15) is 4.79 Å². The Morgan fingerprint density at radius 2 is 1.86 bits per heavy atom. The van der Waals surface area contributed by atoms with Gasteiger partial charge in [0.05, 0.1) is 18.4 Å². The summed E-state index contributed by atoms with van der Waals surface area (Å²) in [5.74, 6) is -0.438. The van der Waals surface area contributed by atoms with Crippen molar-refractivity contribution >= 4 is 35.2 Å². The van der Waals surface area contributed by atoms with Crippen LogP contribution >= 0.6 is 11.6 Å². The molecule has 0 bridgehead atoms. The lowest BCUT2D eigenvalue weighted by molar-refractivity contribution is 0.0600. The van der Waals surface area contributed by atoms with Gasteiger partial charge in [0.1, 0.15) is 0 Å². The molecule has 2 aromatic carbocycles. The second-order valence-electron chi connectivity index (χ2n) is 4.89. The van der Waals surface area contributed by atoms with Crippen molar-refractivity contribution in [3.63, 3.8) is 0 Å². The SMILES string of the molecule is COC(=O)c1cc(Cl)ccc1/C=N/c1ccc(N(C)C)cc1. The Kier molecular flexibility index (Phi) is 5.17. The van der Waals surface area contributed by atoms with Crippen molar-refractivity contribution in [1.29, 1.82) is 0 Å². The Morgan fingerprint density at radius 1 is 1.18 bits per heavy atom. The van der Waals surface area contributed by atoms with Gasteiger partial charge in [0.15, 0.2) is 0 Å². The van der Waals surface area contributed by atoms with Gasteiger partial charge in [-0.25, -0.2) is 4.79 Å². The van der Waals surface area contributed by atoms with Gasteiger partial charge in [-0.3, -0.25) is 4.99 Å². The molecule has 0 fully saturated rings. The van der Waals surface area contributed by atoms with Crippen LogP contribution in [0.25, 0.3) is 0 Å². The number of hydrogen-bond acceptors (Lipinski definition) is 4. The minimum absolute atomic E-state index is 0.392. The Labute approximate surface area is 135 Å². The number of esters is 1. The summed E-state index contributed by atoms with van der Waals surface area (Å²) in [6, 6.07) is 12.8. The second-order valence-corrected chi connectivity index (χ2v) is 5.33. The highest BCUT2D eigenvalue weighted by molar-refractivity contribution is 6.31. The zero-order valence-electron chi connectivity index (χ0n) is 12.7. The van der Waals surface area contributed by atoms with Gasteiger partial charge in [-0.2, -0.15) is 0 Å². The molecule has 114 valence electrons. The lowest BCUT2D eigenvalue weighted by atomic mass is 10.1. The van der Waals surface area contributed by atoms with Crippen molar-refractivity contribution in [2.24, 2.45) is 4.99 Å². The summed E-state index contributed by atoms with van der Waals surface area (Å²) in [5, 5.41) is 0.480. The summed E-state index contributed by atoms with van der Waals surface area (Å²) >= 11 is 5.93. The van der Waals surface area contributed by atoms with Gasteiger partial charge in [-0.1, -0.05) is 17.7 Å². The van der Waals surface area contributed by atoms with E-state index in [1.54, 1.807) is 24.4 Å². The monoisotopic (exact) mass is 316 g/mol. The highest BCUT2D eigenvalue weighted by Gasteiger charge is 2.11. The third-order valence-corrected chi connectivity index (χ3v) is 3.37. The molecule has 5 heteroatoms. The number of ether oxygens (including phenoxy) is 1. The number of anilines is 1. The van der Waals surface area contributed by atoms with E-state index >= 15 is 0 Å². The number of benzene rings is 2. The molecule has 0 aromatic heterocycles. The van der Waals surface area contributed by atoms with E-state index in [0.29, 0.717) is 16.1 Å². The van der Waals surface area contributed by atoms with Crippen molar-refractivity contribution in [3.8, 4) is 0 Å². The van der Waals surface area contributed by atoms with E-state index in [1.165, 1.54) is 7.11 Å². The summed E-state index contributed by atoms with van der Waals surface area (Å²) in [6.07, 6.45) is 1.63. The number of rotatable bonds is 4. The molecule has 0 heterocycles. The number of aliphatic imine (C=N–C) groups is 1. The second kappa shape index (κ2) is 7.09. The molecule has 0 amide bonds. The molecule has 2 aromatic rings. The number of carbonyl (C=O) groups is 1. The van der Waals surface area contributed by atoms with Crippen LogP contribution in [-0.2, 0) is 4.74 Å². The maximum Gasteiger partial charge on any atom is 0.338 e. The Hall–Kier alpha value is -2.33. The van der Waals surface area contributed by atoms with E-state index in [4.69, 9.17) is 16.3 Å². The van der Waals surface area contributed by atoms with Crippen molar-refractivity contribution in [2.45, 2.75) is 0 Å². The maximum absolute atomic E-state index is 11.8. The van der Waals surface area contributed by atoms with Crippen LogP contribution in [0.2, 0.25) is 5.02 Å². The highest BCUT2D eigenvalue weighted by atomic mass is 35.5. The summed E-state index contributed by atoms with van der Waals surface area (Å²) in [5.41, 5.74) is 2.95. The van der Waals surface area contributed by atoms with Crippen molar-refractivity contribution in [2.75, 3.05) is 26.1 Å². The van der Waals surface area contributed by atoms with E-state index in [0.717, 1.165) is 11.4 Å². The zero-order valence-corrected chi connectivity index (χ0v) is 13.5. The van der Waals surface area contributed by atoms with Crippen LogP contribution in [-0.4, -0.2) is 33.4 Å². The predicted molar refractivity (Wildman–Crippen MR) is 90.8 cm³/mol. The molecule has 0 radical (unpaired) electrons. The maximum atomic E-state index is 11.8. The van der Waals surface area contributed by atoms with Crippen LogP contribution in [0.3, 0.4) is 0 Å². The molecule has 0 atom stereocenters. The van der Waals surface area contributed by atoms with Crippen molar-refractivity contribution < 1.29 is 9.53 Å². The Bertz CT molecular complexity index is 694. The van der Waals surface area contributed by atoms with Gasteiger partial charge < -0.3 is 9.64 Å². The summed E-state index contributed by atoms with van der Waals surface area (Å²) < 4.78 is 4.76. The first-order valence-corrected chi connectivity index (χ1v) is 7.08. The predicted octanol–water partition coefficient (Wildman–Crippen LogP) is 3.94. The smallest absolute Gasteiger partial charge is 0.338 e. The average Bonchev–Trinajstić information content (AvgIpc) is 2.53. The number of methoxy groups -OCH3 is 1. The number of carbonyl (C=O) groups excluding carboxylic acids is 1. The first-order chi connectivity index (χ1) is 10.5. The van der Waals surface area contributed by atoms with Gasteiger partial charge in [0.25, 0.3) is 0 Å². The van der Waals surface area contributed by atoms with Crippen molar-refractivity contribution in [3.05, 3.63) is 58.6 Å². The molecule has 0 unspecified atom stereocenters. The number of hydrogen-bond donors (Lipinski definition) is 0. The third-order valence-electron chi connectivity index (χ3n) is 3.14. The van der Waals surface area contributed by atoms with Crippen LogP contribution in [0.5, 0.6) is 0 Å². The van der Waals surface area contributed by atoms with E-state index < -0.39 is 5.97 Å². The molecule has 0 N–H and O–H groups in total. The van der Waals surface area contributed by atoms with Crippen LogP contribution in [0.15, 0.2) is 47.5 Å². The van der Waals surface area contributed by atoms with Crippen LogP contribution in [0.4, 0.5) is 11.4 Å². The quantitative estimate of drug-likeness (QED) is 0.633. The third kappa shape index (κ3) is 3.86. The van der Waals surface area contributed by atoms with E-state index in [2.05, 4.69) is 4.99 Å². The summed E-state index contributed by atoms with van der Waals surface area (Å²) in [6.45, 7) is 0. The van der Waals surface area contributed by atoms with Crippen LogP contribution in [0, 0.1) is 0 Å². The van der Waals surface area contributed by atoms with Crippen LogP contribution in [0.1, 0.15) is 15.9 Å². The minimum atomic E-state index is -0.438. The fourth-order valence-corrected chi connectivity index (χ4v) is 2.08. The first-order valence-electron chi connectivity index (χ1n) is 6.70. The number of halogens is 1. The van der Waals surface area contributed by atoms with Gasteiger partial charge in [-0.15, -0.1) is 0 Å². The van der Waals surface area contributed by atoms with Gasteiger partial charge in [0.2, 0.25) is 0 Å². The highest BCUT2D eigenvalue weighted by Crippen LogP contribution is 2.20. The molecule has 4 nitrogen and oxygen atoms in total. The number of nitrogens with zero attached hydrogens (tertiary/aromatic N) is 2. The first kappa shape index (κ1) is 16.0. The van der Waals surface area contributed by atoms with Gasteiger partial charge in [0, 0.05) is 36.6 Å². The lowest BCUT2D eigenvalue weighted by Crippen LogP contribution is -2.07. The lowest BCUT2D eigenvalue weighted by Gasteiger charge is -2.11. The molecule has 0 saturated heterocycles. The molecular formula is C17H17ClN2O2. The van der Waals surface area contributed by atoms with Crippen molar-refractivity contribution in [1.82, 2.24) is 0 Å². The molecule has 0 saturated carbocycles. The molecule has 0 spiro atoms. The van der Waals surface area contributed by atoms with E-state index in [-0.39, 0.29) is 0 Å². The molecular weight excluding hydrogens is 300 g/mol. The van der Waals surface area contributed by atoms with Crippen LogP contribution < -0.4 is 4.90 Å². The fourth-order valence-electron chi connectivity index (χ4n) is 1.91. The molecule has 22 heavy (non-hydrogen) atoms. The topological polar surface area (TPSA) is 41.9 Å². The molecule has 0 aliphatic rings. The van der Waals surface area contributed by atoms with Gasteiger partial charge in [-0.05, 0) is 36.4 Å². The minimum Gasteiger partial charge on any atom is -0.465 e.